The highest BCUT2D eigenvalue weighted by Gasteiger charge is 2.38. The lowest BCUT2D eigenvalue weighted by atomic mass is 9.64. The zero-order valence-electron chi connectivity index (χ0n) is 27.9. The van der Waals surface area contributed by atoms with Gasteiger partial charge in [-0.15, -0.1) is 0 Å². The summed E-state index contributed by atoms with van der Waals surface area (Å²) < 4.78 is 13.2. The molecule has 4 heteroatoms. The minimum absolute atomic E-state index is 0.0798. The number of rotatable bonds is 6. The fraction of sp³-hybridized carbons (Fsp3) is 0.400. The zero-order chi connectivity index (χ0) is 31.9. The highest BCUT2D eigenvalue weighted by molar-refractivity contribution is 5.55. The van der Waals surface area contributed by atoms with Crippen LogP contribution in [-0.4, -0.2) is 0 Å². The summed E-state index contributed by atoms with van der Waals surface area (Å²) in [6, 6.07) is 25.5. The maximum absolute atomic E-state index is 6.58. The van der Waals surface area contributed by atoms with Crippen LogP contribution in [-0.2, 0) is 16.2 Å². The number of hydrogen-bond acceptors (Lipinski definition) is 4. The molecule has 0 saturated heterocycles. The molecule has 4 nitrogen and oxygen atoms in total. The molecule has 0 aromatic heterocycles. The lowest BCUT2D eigenvalue weighted by Gasteiger charge is -2.40. The molecule has 0 spiro atoms. The second-order valence-electron chi connectivity index (χ2n) is 14.8. The van der Waals surface area contributed by atoms with Crippen LogP contribution in [0.3, 0.4) is 0 Å². The summed E-state index contributed by atoms with van der Waals surface area (Å²) in [6.07, 6.45) is 5.93. The van der Waals surface area contributed by atoms with Crippen molar-refractivity contribution >= 4 is 11.4 Å². The van der Waals surface area contributed by atoms with Crippen molar-refractivity contribution in [1.82, 2.24) is 0 Å². The van der Waals surface area contributed by atoms with Crippen LogP contribution >= 0.6 is 0 Å². The first-order valence-corrected chi connectivity index (χ1v) is 16.1. The van der Waals surface area contributed by atoms with Gasteiger partial charge in [-0.3, -0.25) is 0 Å². The van der Waals surface area contributed by atoms with Crippen molar-refractivity contribution in [1.29, 1.82) is 0 Å². The summed E-state index contributed by atoms with van der Waals surface area (Å²) in [6.45, 7) is 17.7. The van der Waals surface area contributed by atoms with Gasteiger partial charge in [-0.25, -0.2) is 0 Å². The lowest BCUT2D eigenvalue weighted by molar-refractivity contribution is 0.343. The number of nitrogens with two attached hydrogens (primary N) is 2. The quantitative estimate of drug-likeness (QED) is 0.219. The normalized spacial score (nSPS) is 15.2. The first-order valence-electron chi connectivity index (χ1n) is 16.1. The molecule has 0 aliphatic heterocycles. The summed E-state index contributed by atoms with van der Waals surface area (Å²) in [4.78, 5) is 0. The molecule has 0 radical (unpaired) electrons. The molecule has 1 aliphatic rings. The third-order valence-corrected chi connectivity index (χ3v) is 9.23. The second-order valence-corrected chi connectivity index (χ2v) is 14.8. The van der Waals surface area contributed by atoms with Crippen LogP contribution in [0.1, 0.15) is 107 Å². The van der Waals surface area contributed by atoms with E-state index in [9.17, 15) is 0 Å². The Kier molecular flexibility index (Phi) is 8.50. The van der Waals surface area contributed by atoms with Crippen molar-refractivity contribution in [2.45, 2.75) is 104 Å². The Morgan fingerprint density at radius 3 is 1.27 bits per heavy atom. The Bertz CT molecular complexity index is 1530. The van der Waals surface area contributed by atoms with Gasteiger partial charge in [0.2, 0.25) is 0 Å². The molecule has 44 heavy (non-hydrogen) atoms. The first-order chi connectivity index (χ1) is 20.7. The van der Waals surface area contributed by atoms with Gasteiger partial charge in [0.15, 0.2) is 0 Å². The highest BCUT2D eigenvalue weighted by Crippen LogP contribution is 2.49. The van der Waals surface area contributed by atoms with E-state index in [0.717, 1.165) is 58.3 Å². The Labute approximate surface area is 264 Å². The molecule has 1 aliphatic carbocycles. The Balaban J connectivity index is 1.61. The average molecular weight is 591 g/mol. The van der Waals surface area contributed by atoms with Gasteiger partial charge in [0.25, 0.3) is 0 Å². The van der Waals surface area contributed by atoms with Crippen LogP contribution in [0.4, 0.5) is 11.4 Å². The predicted octanol–water partition coefficient (Wildman–Crippen LogP) is 10.9. The topological polar surface area (TPSA) is 70.5 Å². The lowest BCUT2D eigenvalue weighted by Crippen LogP contribution is -2.31. The molecule has 0 unspecified atom stereocenters. The van der Waals surface area contributed by atoms with E-state index in [1.165, 1.54) is 41.5 Å². The van der Waals surface area contributed by atoms with E-state index in [1.807, 2.05) is 50.2 Å². The van der Waals surface area contributed by atoms with Crippen molar-refractivity contribution in [2.75, 3.05) is 11.5 Å². The molecule has 4 aromatic carbocycles. The standard InChI is InChI=1S/C40H50N2O2/c1-26-22-30(41)14-18-34(26)43-36-16-12-28(24-32(36)38(3,4)5)40(20-10-9-11-21-40)29-13-17-37(33(25-29)39(6,7)8)44-35-19-15-31(42)23-27(35)2/h12-19,22-25H,9-11,20-21,41-42H2,1-8H3. The van der Waals surface area contributed by atoms with E-state index in [2.05, 4.69) is 77.9 Å². The fourth-order valence-electron chi connectivity index (χ4n) is 6.72. The smallest absolute Gasteiger partial charge is 0.131 e. The van der Waals surface area contributed by atoms with Gasteiger partial charge in [0.05, 0.1) is 0 Å². The van der Waals surface area contributed by atoms with Crippen molar-refractivity contribution in [3.05, 3.63) is 106 Å². The Morgan fingerprint density at radius 1 is 0.523 bits per heavy atom. The number of hydrogen-bond donors (Lipinski definition) is 2. The molecule has 0 amide bonds. The molecule has 5 rings (SSSR count). The maximum Gasteiger partial charge on any atom is 0.131 e. The van der Waals surface area contributed by atoms with Crippen LogP contribution < -0.4 is 20.9 Å². The fourth-order valence-corrected chi connectivity index (χ4v) is 6.72. The van der Waals surface area contributed by atoms with E-state index < -0.39 is 0 Å². The van der Waals surface area contributed by atoms with Crippen molar-refractivity contribution < 1.29 is 9.47 Å². The number of ether oxygens (including phenoxy) is 2. The molecular weight excluding hydrogens is 540 g/mol. The molecule has 1 fully saturated rings. The summed E-state index contributed by atoms with van der Waals surface area (Å²) >= 11 is 0. The molecule has 1 saturated carbocycles. The first kappa shape index (κ1) is 31.5. The zero-order valence-corrected chi connectivity index (χ0v) is 27.9. The van der Waals surface area contributed by atoms with E-state index in [0.29, 0.717) is 0 Å². The third kappa shape index (κ3) is 6.45. The van der Waals surface area contributed by atoms with Crippen LogP contribution in [0.2, 0.25) is 0 Å². The van der Waals surface area contributed by atoms with E-state index in [-0.39, 0.29) is 16.2 Å². The predicted molar refractivity (Wildman–Crippen MR) is 185 cm³/mol. The van der Waals surface area contributed by atoms with Crippen molar-refractivity contribution in [2.24, 2.45) is 0 Å². The summed E-state index contributed by atoms with van der Waals surface area (Å²) in [7, 11) is 0. The largest absolute Gasteiger partial charge is 0.457 e. The van der Waals surface area contributed by atoms with Crippen LogP contribution in [0.15, 0.2) is 72.8 Å². The highest BCUT2D eigenvalue weighted by atomic mass is 16.5. The van der Waals surface area contributed by atoms with Gasteiger partial charge >= 0.3 is 0 Å². The average Bonchev–Trinajstić information content (AvgIpc) is 2.95. The minimum Gasteiger partial charge on any atom is -0.457 e. The number of benzene rings is 4. The molecule has 0 atom stereocenters. The van der Waals surface area contributed by atoms with E-state index >= 15 is 0 Å². The van der Waals surface area contributed by atoms with Gasteiger partial charge in [0, 0.05) is 27.9 Å². The van der Waals surface area contributed by atoms with Crippen LogP contribution in [0.5, 0.6) is 23.0 Å². The van der Waals surface area contributed by atoms with Gasteiger partial charge in [-0.05, 0) is 108 Å². The summed E-state index contributed by atoms with van der Waals surface area (Å²) in [5, 5.41) is 0. The third-order valence-electron chi connectivity index (χ3n) is 9.23. The summed E-state index contributed by atoms with van der Waals surface area (Å²) in [5.41, 5.74) is 20.5. The van der Waals surface area contributed by atoms with E-state index in [4.69, 9.17) is 20.9 Å². The van der Waals surface area contributed by atoms with Gasteiger partial charge in [-0.1, -0.05) is 85.1 Å². The van der Waals surface area contributed by atoms with E-state index in [1.54, 1.807) is 0 Å². The SMILES string of the molecule is Cc1cc(N)ccc1Oc1ccc(C2(c3ccc(Oc4ccc(N)cc4C)c(C(C)(C)C)c3)CCCCC2)cc1C(C)(C)C. The summed E-state index contributed by atoms with van der Waals surface area (Å²) in [5.74, 6) is 3.48. The number of nitrogen functional groups attached to an aromatic ring is 2. The van der Waals surface area contributed by atoms with Gasteiger partial charge in [-0.2, -0.15) is 0 Å². The molecule has 4 N–H and O–H groups in total. The van der Waals surface area contributed by atoms with Crippen molar-refractivity contribution in [3.63, 3.8) is 0 Å². The molecule has 232 valence electrons. The van der Waals surface area contributed by atoms with Crippen molar-refractivity contribution in [3.8, 4) is 23.0 Å². The molecule has 0 heterocycles. The van der Waals surface area contributed by atoms with Gasteiger partial charge in [0.1, 0.15) is 23.0 Å². The van der Waals surface area contributed by atoms with Crippen LogP contribution in [0.25, 0.3) is 0 Å². The maximum atomic E-state index is 6.58. The second kappa shape index (κ2) is 11.9. The Hall–Kier alpha value is -3.92. The molecular formula is C40H50N2O2. The minimum atomic E-state index is -0.103. The Morgan fingerprint density at radius 2 is 0.909 bits per heavy atom. The molecule has 0 bridgehead atoms. The molecule has 4 aromatic rings. The number of anilines is 2. The number of aryl methyl sites for hydroxylation is 2. The monoisotopic (exact) mass is 590 g/mol. The van der Waals surface area contributed by atoms with Gasteiger partial charge < -0.3 is 20.9 Å². The van der Waals surface area contributed by atoms with Crippen LogP contribution in [0, 0.1) is 13.8 Å².